The first-order chi connectivity index (χ1) is 6.02. The second kappa shape index (κ2) is 3.61. The van der Waals surface area contributed by atoms with Gasteiger partial charge < -0.3 is 15.9 Å². The Morgan fingerprint density at radius 2 is 2.00 bits per heavy atom. The summed E-state index contributed by atoms with van der Waals surface area (Å²) in [6.07, 6.45) is -0.475. The zero-order valence-electron chi connectivity index (χ0n) is 7.01. The van der Waals surface area contributed by atoms with Crippen molar-refractivity contribution in [3.63, 3.8) is 0 Å². The van der Waals surface area contributed by atoms with E-state index in [9.17, 15) is 9.59 Å². The van der Waals surface area contributed by atoms with Gasteiger partial charge in [-0.3, -0.25) is 4.90 Å². The van der Waals surface area contributed by atoms with Crippen LogP contribution in [0.1, 0.15) is 12.8 Å². The van der Waals surface area contributed by atoms with E-state index in [4.69, 9.17) is 15.9 Å². The summed E-state index contributed by atoms with van der Waals surface area (Å²) in [5.41, 5.74) is 5.54. The maximum Gasteiger partial charge on any atom is 0.408 e. The molecule has 0 bridgehead atoms. The molecule has 0 radical (unpaired) electrons. The fourth-order valence-corrected chi connectivity index (χ4v) is 1.46. The number of rotatable bonds is 1. The third kappa shape index (κ3) is 2.09. The number of amides is 1. The van der Waals surface area contributed by atoms with Gasteiger partial charge in [-0.1, -0.05) is 0 Å². The van der Waals surface area contributed by atoms with Crippen LogP contribution in [-0.4, -0.2) is 45.8 Å². The molecule has 1 heterocycles. The van der Waals surface area contributed by atoms with Crippen molar-refractivity contribution in [2.24, 2.45) is 5.73 Å². The third-order valence-corrected chi connectivity index (χ3v) is 2.17. The molecule has 0 aliphatic carbocycles. The number of hydrogen-bond donors (Lipinski definition) is 3. The minimum Gasteiger partial charge on any atom is -0.480 e. The first-order valence-corrected chi connectivity index (χ1v) is 4.00. The Bertz CT molecular complexity index is 231. The van der Waals surface area contributed by atoms with Crippen LogP contribution < -0.4 is 5.73 Å². The number of carbonyl (C=O) groups is 2. The molecule has 0 aromatic heterocycles. The highest BCUT2D eigenvalue weighted by molar-refractivity contribution is 5.79. The van der Waals surface area contributed by atoms with Gasteiger partial charge in [-0.15, -0.1) is 0 Å². The molecule has 1 amide bonds. The third-order valence-electron chi connectivity index (χ3n) is 2.17. The van der Waals surface area contributed by atoms with E-state index in [1.54, 1.807) is 0 Å². The van der Waals surface area contributed by atoms with Gasteiger partial charge in [0.1, 0.15) is 6.04 Å². The fourth-order valence-electron chi connectivity index (χ4n) is 1.46. The number of likely N-dealkylation sites (tertiary alicyclic amines) is 1. The second-order valence-electron chi connectivity index (χ2n) is 3.11. The molecule has 0 aromatic carbocycles. The highest BCUT2D eigenvalue weighted by Crippen LogP contribution is 2.16. The number of nitrogens with two attached hydrogens (primary N) is 1. The summed E-state index contributed by atoms with van der Waals surface area (Å²) in [6, 6.07) is -1.20. The molecule has 13 heavy (non-hydrogen) atoms. The number of piperidine rings is 1. The van der Waals surface area contributed by atoms with Crippen LogP contribution in [-0.2, 0) is 4.79 Å². The highest BCUT2D eigenvalue weighted by Gasteiger charge is 2.34. The molecular weight excluding hydrogens is 176 g/mol. The lowest BCUT2D eigenvalue weighted by Crippen LogP contribution is -2.52. The Hall–Kier alpha value is -1.30. The number of carboxylic acids is 1. The maximum atomic E-state index is 10.7. The molecule has 1 rings (SSSR count). The summed E-state index contributed by atoms with van der Waals surface area (Å²) in [5.74, 6) is -1.13. The van der Waals surface area contributed by atoms with E-state index in [0.717, 1.165) is 4.90 Å². The molecule has 1 aliphatic heterocycles. The van der Waals surface area contributed by atoms with E-state index in [1.807, 2.05) is 0 Å². The van der Waals surface area contributed by atoms with Gasteiger partial charge in [0, 0.05) is 12.6 Å². The fraction of sp³-hybridized carbons (Fsp3) is 0.714. The summed E-state index contributed by atoms with van der Waals surface area (Å²) >= 11 is 0. The summed E-state index contributed by atoms with van der Waals surface area (Å²) < 4.78 is 0. The van der Waals surface area contributed by atoms with E-state index in [1.165, 1.54) is 0 Å². The highest BCUT2D eigenvalue weighted by atomic mass is 16.4. The monoisotopic (exact) mass is 188 g/mol. The SMILES string of the molecule is N[C@@H]1CCN(C(=O)O)[C@@H](C(=O)O)C1. The number of carboxylic acid groups (broad SMARTS) is 2. The molecule has 0 spiro atoms. The van der Waals surface area contributed by atoms with Crippen LogP contribution in [0.2, 0.25) is 0 Å². The van der Waals surface area contributed by atoms with Crippen molar-refractivity contribution in [2.45, 2.75) is 24.9 Å². The summed E-state index contributed by atoms with van der Waals surface area (Å²) in [5, 5.41) is 17.4. The zero-order chi connectivity index (χ0) is 10.0. The summed E-state index contributed by atoms with van der Waals surface area (Å²) in [6.45, 7) is 0.202. The van der Waals surface area contributed by atoms with Crippen molar-refractivity contribution in [3.05, 3.63) is 0 Å². The Balaban J connectivity index is 2.72. The van der Waals surface area contributed by atoms with Gasteiger partial charge in [0.2, 0.25) is 0 Å². The standard InChI is InChI=1S/C7H12N2O4/c8-4-1-2-9(7(12)13)5(3-4)6(10)11/h4-5H,1-3,8H2,(H,10,11)(H,12,13)/t4-,5-/m1/s1. The van der Waals surface area contributed by atoms with Gasteiger partial charge in [0.05, 0.1) is 0 Å². The molecule has 6 nitrogen and oxygen atoms in total. The quantitative estimate of drug-likeness (QED) is 0.516. The minimum absolute atomic E-state index is 0.196. The van der Waals surface area contributed by atoms with Crippen molar-refractivity contribution in [2.75, 3.05) is 6.54 Å². The van der Waals surface area contributed by atoms with Crippen LogP contribution >= 0.6 is 0 Å². The summed E-state index contributed by atoms with van der Waals surface area (Å²) in [4.78, 5) is 22.2. The maximum absolute atomic E-state index is 10.7. The zero-order valence-corrected chi connectivity index (χ0v) is 7.01. The molecule has 1 saturated heterocycles. The Labute approximate surface area is 74.9 Å². The number of hydrogen-bond acceptors (Lipinski definition) is 3. The average molecular weight is 188 g/mol. The van der Waals surface area contributed by atoms with Crippen LogP contribution in [0.4, 0.5) is 4.79 Å². The second-order valence-corrected chi connectivity index (χ2v) is 3.11. The lowest BCUT2D eigenvalue weighted by atomic mass is 9.98. The Morgan fingerprint density at radius 3 is 2.46 bits per heavy atom. The molecule has 2 atom stereocenters. The van der Waals surface area contributed by atoms with E-state index in [-0.39, 0.29) is 19.0 Å². The lowest BCUT2D eigenvalue weighted by Gasteiger charge is -2.33. The molecule has 1 fully saturated rings. The number of aliphatic carboxylic acids is 1. The van der Waals surface area contributed by atoms with E-state index >= 15 is 0 Å². The predicted octanol–water partition coefficient (Wildman–Crippen LogP) is -0.459. The van der Waals surface area contributed by atoms with Crippen molar-refractivity contribution >= 4 is 12.1 Å². The van der Waals surface area contributed by atoms with Crippen LogP contribution in [0.3, 0.4) is 0 Å². The minimum atomic E-state index is -1.20. The van der Waals surface area contributed by atoms with Crippen LogP contribution in [0, 0.1) is 0 Å². The Kier molecular flexibility index (Phi) is 2.72. The van der Waals surface area contributed by atoms with Crippen molar-refractivity contribution in [1.82, 2.24) is 4.90 Å². The van der Waals surface area contributed by atoms with Gasteiger partial charge in [-0.05, 0) is 12.8 Å². The molecular formula is C7H12N2O4. The van der Waals surface area contributed by atoms with Gasteiger partial charge in [-0.2, -0.15) is 0 Å². The van der Waals surface area contributed by atoms with Crippen molar-refractivity contribution in [1.29, 1.82) is 0 Å². The normalized spacial score (nSPS) is 28.5. The molecule has 6 heteroatoms. The molecule has 0 unspecified atom stereocenters. The van der Waals surface area contributed by atoms with Gasteiger partial charge >= 0.3 is 12.1 Å². The first-order valence-electron chi connectivity index (χ1n) is 4.00. The van der Waals surface area contributed by atoms with Gasteiger partial charge in [0.25, 0.3) is 0 Å². The van der Waals surface area contributed by atoms with Gasteiger partial charge in [0.15, 0.2) is 0 Å². The van der Waals surface area contributed by atoms with Crippen LogP contribution in [0.5, 0.6) is 0 Å². The van der Waals surface area contributed by atoms with E-state index in [2.05, 4.69) is 0 Å². The smallest absolute Gasteiger partial charge is 0.408 e. The predicted molar refractivity (Wildman–Crippen MR) is 43.4 cm³/mol. The summed E-state index contributed by atoms with van der Waals surface area (Å²) in [7, 11) is 0. The molecule has 0 saturated carbocycles. The first kappa shape index (κ1) is 9.79. The number of nitrogens with zero attached hydrogens (tertiary/aromatic N) is 1. The Morgan fingerprint density at radius 1 is 1.38 bits per heavy atom. The van der Waals surface area contributed by atoms with Gasteiger partial charge in [-0.25, -0.2) is 9.59 Å². The molecule has 1 aliphatic rings. The van der Waals surface area contributed by atoms with E-state index < -0.39 is 18.1 Å². The van der Waals surface area contributed by atoms with Crippen molar-refractivity contribution < 1.29 is 19.8 Å². The van der Waals surface area contributed by atoms with Crippen molar-refractivity contribution in [3.8, 4) is 0 Å². The van der Waals surface area contributed by atoms with E-state index in [0.29, 0.717) is 6.42 Å². The molecule has 74 valence electrons. The topological polar surface area (TPSA) is 104 Å². The largest absolute Gasteiger partial charge is 0.480 e. The molecule has 0 aromatic rings. The average Bonchev–Trinajstić information content (AvgIpc) is 2.03. The van der Waals surface area contributed by atoms with Crippen LogP contribution in [0.25, 0.3) is 0 Å². The molecule has 4 N–H and O–H groups in total. The van der Waals surface area contributed by atoms with Crippen LogP contribution in [0.15, 0.2) is 0 Å². The lowest BCUT2D eigenvalue weighted by molar-refractivity contribution is -0.143.